The number of hydrogen-bond donors (Lipinski definition) is 1. The van der Waals surface area contributed by atoms with Gasteiger partial charge in [0.15, 0.2) is 5.75 Å². The lowest BCUT2D eigenvalue weighted by Crippen LogP contribution is -2.27. The van der Waals surface area contributed by atoms with Gasteiger partial charge in [0, 0.05) is 24.7 Å². The molecule has 0 aliphatic carbocycles. The molecule has 0 amide bonds. The fourth-order valence-corrected chi connectivity index (χ4v) is 1.44. The Morgan fingerprint density at radius 3 is 2.78 bits per heavy atom. The second-order valence-corrected chi connectivity index (χ2v) is 4.36. The van der Waals surface area contributed by atoms with Crippen LogP contribution in [0.3, 0.4) is 0 Å². The van der Waals surface area contributed by atoms with Gasteiger partial charge in [-0.15, -0.1) is 0 Å². The molecule has 0 fully saturated rings. The number of ether oxygens (including phenoxy) is 1. The Morgan fingerprint density at radius 1 is 1.56 bits per heavy atom. The van der Waals surface area contributed by atoms with Crippen LogP contribution >= 0.6 is 11.6 Å². The molecule has 1 aromatic rings. The van der Waals surface area contributed by atoms with Crippen molar-refractivity contribution in [3.63, 3.8) is 0 Å². The number of halogens is 2. The SMILES string of the molecule is CC(C)NCCOc1cc(F)c(Cl)cc1[N+](=O)[O-]. The molecule has 0 saturated heterocycles. The zero-order chi connectivity index (χ0) is 13.7. The third-order valence-electron chi connectivity index (χ3n) is 2.11. The maximum atomic E-state index is 13.2. The summed E-state index contributed by atoms with van der Waals surface area (Å²) in [5.74, 6) is -0.860. The minimum atomic E-state index is -0.742. The van der Waals surface area contributed by atoms with Crippen molar-refractivity contribution in [2.24, 2.45) is 0 Å². The minimum absolute atomic E-state index is 0.118. The summed E-state index contributed by atoms with van der Waals surface area (Å²) < 4.78 is 18.4. The van der Waals surface area contributed by atoms with Crippen LogP contribution < -0.4 is 10.1 Å². The number of nitrogens with one attached hydrogen (secondary N) is 1. The van der Waals surface area contributed by atoms with Crippen LogP contribution in [0, 0.1) is 15.9 Å². The van der Waals surface area contributed by atoms with Gasteiger partial charge in [-0.1, -0.05) is 25.4 Å². The Kier molecular flexibility index (Phi) is 5.30. The van der Waals surface area contributed by atoms with E-state index in [0.29, 0.717) is 6.54 Å². The maximum Gasteiger partial charge on any atom is 0.312 e. The molecule has 0 unspecified atom stereocenters. The summed E-state index contributed by atoms with van der Waals surface area (Å²) in [5.41, 5.74) is -0.342. The number of nitro groups is 1. The highest BCUT2D eigenvalue weighted by Gasteiger charge is 2.18. The predicted molar refractivity (Wildman–Crippen MR) is 66.7 cm³/mol. The summed E-state index contributed by atoms with van der Waals surface area (Å²) in [6, 6.07) is 2.16. The molecule has 1 rings (SSSR count). The van der Waals surface area contributed by atoms with E-state index in [2.05, 4.69) is 5.32 Å². The van der Waals surface area contributed by atoms with Gasteiger partial charge in [-0.2, -0.15) is 0 Å². The molecule has 0 heterocycles. The van der Waals surface area contributed by atoms with Crippen LogP contribution in [-0.4, -0.2) is 24.1 Å². The summed E-state index contributed by atoms with van der Waals surface area (Å²) >= 11 is 5.49. The number of benzene rings is 1. The van der Waals surface area contributed by atoms with E-state index in [-0.39, 0.29) is 29.1 Å². The number of nitrogens with zero attached hydrogens (tertiary/aromatic N) is 1. The maximum absolute atomic E-state index is 13.2. The summed E-state index contributed by atoms with van der Waals surface area (Å²) in [6.45, 7) is 4.65. The molecule has 0 aliphatic rings. The normalized spacial score (nSPS) is 10.7. The molecule has 0 aromatic heterocycles. The lowest BCUT2D eigenvalue weighted by Gasteiger charge is -2.10. The fourth-order valence-electron chi connectivity index (χ4n) is 1.28. The van der Waals surface area contributed by atoms with E-state index in [4.69, 9.17) is 16.3 Å². The lowest BCUT2D eigenvalue weighted by atomic mass is 10.3. The van der Waals surface area contributed by atoms with E-state index in [1.165, 1.54) is 0 Å². The molecule has 1 N–H and O–H groups in total. The number of nitro benzene ring substituents is 1. The highest BCUT2D eigenvalue weighted by Crippen LogP contribution is 2.32. The highest BCUT2D eigenvalue weighted by atomic mass is 35.5. The van der Waals surface area contributed by atoms with Gasteiger partial charge in [0.25, 0.3) is 0 Å². The van der Waals surface area contributed by atoms with Crippen LogP contribution in [0.4, 0.5) is 10.1 Å². The summed E-state index contributed by atoms with van der Waals surface area (Å²) in [4.78, 5) is 10.1. The Balaban J connectivity index is 2.74. The summed E-state index contributed by atoms with van der Waals surface area (Å²) in [5, 5.41) is 13.5. The van der Waals surface area contributed by atoms with Crippen molar-refractivity contribution >= 4 is 17.3 Å². The number of rotatable bonds is 6. The average Bonchev–Trinajstić information content (AvgIpc) is 2.28. The molecular weight excluding hydrogens is 263 g/mol. The second kappa shape index (κ2) is 6.51. The molecule has 0 spiro atoms. The first kappa shape index (κ1) is 14.7. The standard InChI is InChI=1S/C11H14ClFN2O3/c1-7(2)14-3-4-18-11-6-9(13)8(12)5-10(11)15(16)17/h5-7,14H,3-4H2,1-2H3. The first-order valence-electron chi connectivity index (χ1n) is 5.41. The third kappa shape index (κ3) is 4.12. The van der Waals surface area contributed by atoms with Crippen LogP contribution in [0.2, 0.25) is 5.02 Å². The van der Waals surface area contributed by atoms with E-state index >= 15 is 0 Å². The van der Waals surface area contributed by atoms with E-state index in [9.17, 15) is 14.5 Å². The van der Waals surface area contributed by atoms with Gasteiger partial charge >= 0.3 is 5.69 Å². The van der Waals surface area contributed by atoms with Crippen LogP contribution in [0.5, 0.6) is 5.75 Å². The van der Waals surface area contributed by atoms with Crippen LogP contribution in [-0.2, 0) is 0 Å². The average molecular weight is 277 g/mol. The van der Waals surface area contributed by atoms with E-state index in [1.807, 2.05) is 13.8 Å². The van der Waals surface area contributed by atoms with Crippen molar-refractivity contribution in [2.75, 3.05) is 13.2 Å². The number of hydrogen-bond acceptors (Lipinski definition) is 4. The van der Waals surface area contributed by atoms with Gasteiger partial charge in [-0.05, 0) is 0 Å². The van der Waals surface area contributed by atoms with Gasteiger partial charge < -0.3 is 10.1 Å². The molecule has 5 nitrogen and oxygen atoms in total. The van der Waals surface area contributed by atoms with E-state index < -0.39 is 10.7 Å². The van der Waals surface area contributed by atoms with Crippen molar-refractivity contribution < 1.29 is 14.1 Å². The summed E-state index contributed by atoms with van der Waals surface area (Å²) in [7, 11) is 0. The van der Waals surface area contributed by atoms with Crippen LogP contribution in [0.15, 0.2) is 12.1 Å². The molecule has 1 aromatic carbocycles. The second-order valence-electron chi connectivity index (χ2n) is 3.95. The first-order valence-corrected chi connectivity index (χ1v) is 5.79. The van der Waals surface area contributed by atoms with E-state index in [0.717, 1.165) is 12.1 Å². The van der Waals surface area contributed by atoms with Crippen molar-refractivity contribution in [3.8, 4) is 5.75 Å². The molecule has 0 atom stereocenters. The van der Waals surface area contributed by atoms with Crippen molar-refractivity contribution in [3.05, 3.63) is 33.1 Å². The van der Waals surface area contributed by atoms with Crippen molar-refractivity contribution in [2.45, 2.75) is 19.9 Å². The van der Waals surface area contributed by atoms with Crippen molar-refractivity contribution in [1.82, 2.24) is 5.32 Å². The van der Waals surface area contributed by atoms with Gasteiger partial charge in [0.1, 0.15) is 12.4 Å². The van der Waals surface area contributed by atoms with Crippen LogP contribution in [0.25, 0.3) is 0 Å². The molecule has 100 valence electrons. The van der Waals surface area contributed by atoms with Crippen LogP contribution in [0.1, 0.15) is 13.8 Å². The van der Waals surface area contributed by atoms with Gasteiger partial charge in [0.05, 0.1) is 9.95 Å². The van der Waals surface area contributed by atoms with Gasteiger partial charge in [0.2, 0.25) is 0 Å². The monoisotopic (exact) mass is 276 g/mol. The predicted octanol–water partition coefficient (Wildman–Crippen LogP) is 2.76. The fraction of sp³-hybridized carbons (Fsp3) is 0.455. The van der Waals surface area contributed by atoms with E-state index in [1.54, 1.807) is 0 Å². The molecule has 0 radical (unpaired) electrons. The lowest BCUT2D eigenvalue weighted by molar-refractivity contribution is -0.385. The van der Waals surface area contributed by atoms with Crippen molar-refractivity contribution in [1.29, 1.82) is 0 Å². The van der Waals surface area contributed by atoms with Gasteiger partial charge in [-0.3, -0.25) is 10.1 Å². The quantitative estimate of drug-likeness (QED) is 0.493. The molecule has 18 heavy (non-hydrogen) atoms. The Labute approximate surface area is 109 Å². The smallest absolute Gasteiger partial charge is 0.312 e. The molecule has 0 bridgehead atoms. The zero-order valence-electron chi connectivity index (χ0n) is 10.1. The first-order chi connectivity index (χ1) is 8.41. The van der Waals surface area contributed by atoms with Gasteiger partial charge in [-0.25, -0.2) is 4.39 Å². The Hall–Kier alpha value is -1.40. The zero-order valence-corrected chi connectivity index (χ0v) is 10.8. The summed E-state index contributed by atoms with van der Waals surface area (Å²) in [6.07, 6.45) is 0. The largest absolute Gasteiger partial charge is 0.485 e. The molecule has 0 aliphatic heterocycles. The third-order valence-corrected chi connectivity index (χ3v) is 2.40. The molecule has 0 saturated carbocycles. The minimum Gasteiger partial charge on any atom is -0.485 e. The Bertz CT molecular complexity index is 441. The highest BCUT2D eigenvalue weighted by molar-refractivity contribution is 6.31. The molecular formula is C11H14ClFN2O3. The topological polar surface area (TPSA) is 64.4 Å². The molecule has 7 heteroatoms. The Morgan fingerprint density at radius 2 is 2.22 bits per heavy atom.